The lowest BCUT2D eigenvalue weighted by Gasteiger charge is -2.46. The summed E-state index contributed by atoms with van der Waals surface area (Å²) in [5.41, 5.74) is 1.58. The van der Waals surface area contributed by atoms with Crippen LogP contribution < -0.4 is 5.32 Å². The summed E-state index contributed by atoms with van der Waals surface area (Å²) in [6, 6.07) is 1.51. The van der Waals surface area contributed by atoms with Crippen LogP contribution in [0.1, 0.15) is 92.9 Å². The van der Waals surface area contributed by atoms with Crippen LogP contribution in [0.5, 0.6) is 0 Å². The van der Waals surface area contributed by atoms with Crippen molar-refractivity contribution >= 4 is 0 Å². The molecule has 0 radical (unpaired) electrons. The van der Waals surface area contributed by atoms with Gasteiger partial charge in [0.1, 0.15) is 0 Å². The first-order valence-corrected chi connectivity index (χ1v) is 8.83. The molecule has 0 saturated heterocycles. The van der Waals surface area contributed by atoms with E-state index in [0.717, 1.165) is 12.1 Å². The molecule has 20 heavy (non-hydrogen) atoms. The molecule has 0 aromatic carbocycles. The van der Waals surface area contributed by atoms with E-state index in [9.17, 15) is 0 Å². The van der Waals surface area contributed by atoms with Gasteiger partial charge in [-0.1, -0.05) is 48.0 Å². The molecule has 0 aromatic heterocycles. The highest BCUT2D eigenvalue weighted by Crippen LogP contribution is 2.46. The molecule has 1 heteroatoms. The minimum atomic E-state index is 0.503. The van der Waals surface area contributed by atoms with Gasteiger partial charge in [0.05, 0.1) is 0 Å². The Kier molecular flexibility index (Phi) is 4.60. The molecule has 2 aliphatic rings. The number of hydrogen-bond donors (Lipinski definition) is 1. The number of nitrogens with one attached hydrogen (secondary N) is 1. The molecular formula is C19H37N. The average molecular weight is 280 g/mol. The molecule has 1 N–H and O–H groups in total. The maximum atomic E-state index is 4.05. The summed E-state index contributed by atoms with van der Waals surface area (Å²) in [5.74, 6) is 0. The van der Waals surface area contributed by atoms with Crippen LogP contribution in [0.2, 0.25) is 0 Å². The quantitative estimate of drug-likeness (QED) is 0.654. The molecule has 118 valence electrons. The van der Waals surface area contributed by atoms with Crippen molar-refractivity contribution in [2.24, 2.45) is 16.2 Å². The third-order valence-corrected chi connectivity index (χ3v) is 5.60. The van der Waals surface area contributed by atoms with Crippen molar-refractivity contribution in [1.29, 1.82) is 0 Å². The molecule has 2 rings (SSSR count). The van der Waals surface area contributed by atoms with Crippen molar-refractivity contribution in [2.75, 3.05) is 0 Å². The van der Waals surface area contributed by atoms with Gasteiger partial charge in [-0.05, 0) is 61.2 Å². The van der Waals surface area contributed by atoms with Crippen molar-refractivity contribution in [3.8, 4) is 0 Å². The lowest BCUT2D eigenvalue weighted by Crippen LogP contribution is -2.47. The van der Waals surface area contributed by atoms with Crippen LogP contribution in [-0.4, -0.2) is 12.1 Å². The van der Waals surface area contributed by atoms with Crippen molar-refractivity contribution in [2.45, 2.75) is 105 Å². The van der Waals surface area contributed by atoms with Gasteiger partial charge >= 0.3 is 0 Å². The fraction of sp³-hybridized carbons (Fsp3) is 1.00. The first-order chi connectivity index (χ1) is 9.07. The zero-order valence-corrected chi connectivity index (χ0v) is 14.8. The van der Waals surface area contributed by atoms with E-state index >= 15 is 0 Å². The van der Waals surface area contributed by atoms with Crippen LogP contribution in [0.3, 0.4) is 0 Å². The average Bonchev–Trinajstić information content (AvgIpc) is 2.35. The summed E-state index contributed by atoms with van der Waals surface area (Å²) >= 11 is 0. The maximum absolute atomic E-state index is 4.05. The number of rotatable bonds is 2. The Morgan fingerprint density at radius 1 is 0.700 bits per heavy atom. The predicted octanol–water partition coefficient (Wildman–Crippen LogP) is 5.54. The Morgan fingerprint density at radius 2 is 1.30 bits per heavy atom. The van der Waals surface area contributed by atoms with E-state index in [4.69, 9.17) is 0 Å². The standard InChI is InChI=1S/C19H37N/c1-17(2)10-7-8-15(9-11-17)20-16-12-18(3,4)14-19(5,6)13-16/h15-16,20H,7-14H2,1-6H3. The molecule has 0 spiro atoms. The SMILES string of the molecule is CC1(C)CCCC(NC2CC(C)(C)CC(C)(C)C2)CC1. The molecular weight excluding hydrogens is 242 g/mol. The van der Waals surface area contributed by atoms with Gasteiger partial charge in [-0.15, -0.1) is 0 Å². The van der Waals surface area contributed by atoms with Crippen LogP contribution in [-0.2, 0) is 0 Å². The van der Waals surface area contributed by atoms with Gasteiger partial charge in [-0.3, -0.25) is 0 Å². The molecule has 2 fully saturated rings. The first kappa shape index (κ1) is 16.3. The fourth-order valence-corrected chi connectivity index (χ4v) is 5.13. The number of hydrogen-bond acceptors (Lipinski definition) is 1. The van der Waals surface area contributed by atoms with E-state index in [0.29, 0.717) is 16.2 Å². The highest BCUT2D eigenvalue weighted by molar-refractivity contribution is 4.94. The molecule has 0 bridgehead atoms. The van der Waals surface area contributed by atoms with E-state index in [1.54, 1.807) is 0 Å². The largest absolute Gasteiger partial charge is 0.311 e. The van der Waals surface area contributed by atoms with Crippen molar-refractivity contribution in [1.82, 2.24) is 5.32 Å². The molecule has 0 heterocycles. The normalized spacial score (nSPS) is 33.6. The first-order valence-electron chi connectivity index (χ1n) is 8.83. The summed E-state index contributed by atoms with van der Waals surface area (Å²) in [7, 11) is 0. The van der Waals surface area contributed by atoms with Crippen LogP contribution >= 0.6 is 0 Å². The van der Waals surface area contributed by atoms with Gasteiger partial charge in [-0.2, -0.15) is 0 Å². The lowest BCUT2D eigenvalue weighted by molar-refractivity contribution is 0.0790. The zero-order valence-electron chi connectivity index (χ0n) is 14.8. The van der Waals surface area contributed by atoms with Crippen molar-refractivity contribution < 1.29 is 0 Å². The predicted molar refractivity (Wildman–Crippen MR) is 89.0 cm³/mol. The second-order valence-electron chi connectivity index (χ2n) is 10.1. The minimum absolute atomic E-state index is 0.503. The minimum Gasteiger partial charge on any atom is -0.311 e. The van der Waals surface area contributed by atoms with E-state index in [1.807, 2.05) is 0 Å². The van der Waals surface area contributed by atoms with E-state index in [2.05, 4.69) is 46.9 Å². The molecule has 2 saturated carbocycles. The van der Waals surface area contributed by atoms with Gasteiger partial charge < -0.3 is 5.32 Å². The summed E-state index contributed by atoms with van der Waals surface area (Å²) in [5, 5.41) is 4.05. The molecule has 0 amide bonds. The third-order valence-electron chi connectivity index (χ3n) is 5.60. The van der Waals surface area contributed by atoms with Crippen LogP contribution in [0.4, 0.5) is 0 Å². The molecule has 1 nitrogen and oxygen atoms in total. The summed E-state index contributed by atoms with van der Waals surface area (Å²) < 4.78 is 0. The van der Waals surface area contributed by atoms with Crippen LogP contribution in [0, 0.1) is 16.2 Å². The molecule has 0 aromatic rings. The Balaban J connectivity index is 1.92. The monoisotopic (exact) mass is 279 g/mol. The van der Waals surface area contributed by atoms with E-state index in [1.165, 1.54) is 51.4 Å². The van der Waals surface area contributed by atoms with Gasteiger partial charge in [0, 0.05) is 12.1 Å². The summed E-state index contributed by atoms with van der Waals surface area (Å²) in [6.45, 7) is 14.7. The van der Waals surface area contributed by atoms with Gasteiger partial charge in [0.2, 0.25) is 0 Å². The van der Waals surface area contributed by atoms with Crippen LogP contribution in [0.25, 0.3) is 0 Å². The maximum Gasteiger partial charge on any atom is 0.00798 e. The van der Waals surface area contributed by atoms with Gasteiger partial charge in [-0.25, -0.2) is 0 Å². The Hall–Kier alpha value is -0.0400. The molecule has 1 unspecified atom stereocenters. The lowest BCUT2D eigenvalue weighted by atomic mass is 9.63. The summed E-state index contributed by atoms with van der Waals surface area (Å²) in [4.78, 5) is 0. The molecule has 0 aliphatic heterocycles. The van der Waals surface area contributed by atoms with Gasteiger partial charge in [0.15, 0.2) is 0 Å². The Labute approximate surface area is 127 Å². The molecule has 1 atom stereocenters. The van der Waals surface area contributed by atoms with Crippen molar-refractivity contribution in [3.05, 3.63) is 0 Å². The smallest absolute Gasteiger partial charge is 0.00798 e. The highest BCUT2D eigenvalue weighted by atomic mass is 15.0. The zero-order chi connectivity index (χ0) is 15.0. The van der Waals surface area contributed by atoms with E-state index in [-0.39, 0.29) is 0 Å². The highest BCUT2D eigenvalue weighted by Gasteiger charge is 2.39. The Morgan fingerprint density at radius 3 is 1.90 bits per heavy atom. The van der Waals surface area contributed by atoms with Crippen LogP contribution in [0.15, 0.2) is 0 Å². The third kappa shape index (κ3) is 4.76. The molecule has 2 aliphatic carbocycles. The fourth-order valence-electron chi connectivity index (χ4n) is 5.13. The Bertz CT molecular complexity index is 311. The van der Waals surface area contributed by atoms with Gasteiger partial charge in [0.25, 0.3) is 0 Å². The topological polar surface area (TPSA) is 12.0 Å². The van der Waals surface area contributed by atoms with E-state index < -0.39 is 0 Å². The summed E-state index contributed by atoms with van der Waals surface area (Å²) in [6.07, 6.45) is 11.1. The second kappa shape index (κ2) is 5.63. The second-order valence-corrected chi connectivity index (χ2v) is 10.1. The van der Waals surface area contributed by atoms with Crippen molar-refractivity contribution in [3.63, 3.8) is 0 Å².